The molecular formula is C14H26N2O. The maximum atomic E-state index is 10.9. The van der Waals surface area contributed by atoms with Gasteiger partial charge in [0.15, 0.2) is 0 Å². The summed E-state index contributed by atoms with van der Waals surface area (Å²) in [4.78, 5) is 15.9. The summed E-state index contributed by atoms with van der Waals surface area (Å²) in [5.41, 5.74) is 0. The fourth-order valence-corrected chi connectivity index (χ4v) is 3.41. The van der Waals surface area contributed by atoms with Crippen LogP contribution >= 0.6 is 0 Å². The van der Waals surface area contributed by atoms with Crippen LogP contribution in [0.15, 0.2) is 0 Å². The van der Waals surface area contributed by atoms with Crippen LogP contribution in [0, 0.1) is 5.92 Å². The predicted molar refractivity (Wildman–Crippen MR) is 70.1 cm³/mol. The Hall–Kier alpha value is -0.410. The van der Waals surface area contributed by atoms with E-state index in [4.69, 9.17) is 0 Å². The molecule has 0 bridgehead atoms. The number of carbonyl (C=O) groups is 1. The maximum Gasteiger partial charge on any atom is 0.121 e. The predicted octanol–water partition coefficient (Wildman–Crippen LogP) is 1.77. The van der Waals surface area contributed by atoms with Crippen molar-refractivity contribution in [2.45, 2.75) is 44.6 Å². The van der Waals surface area contributed by atoms with Gasteiger partial charge in [-0.05, 0) is 25.8 Å². The Balaban J connectivity index is 1.92. The lowest BCUT2D eigenvalue weighted by atomic mass is 9.82. The topological polar surface area (TPSA) is 23.6 Å². The van der Waals surface area contributed by atoms with E-state index < -0.39 is 0 Å². The summed E-state index contributed by atoms with van der Waals surface area (Å²) < 4.78 is 0. The summed E-state index contributed by atoms with van der Waals surface area (Å²) in [5.74, 6) is 0.775. The Labute approximate surface area is 105 Å². The molecule has 2 aliphatic rings. The highest BCUT2D eigenvalue weighted by Crippen LogP contribution is 2.30. The van der Waals surface area contributed by atoms with Crippen molar-refractivity contribution in [2.75, 3.05) is 33.2 Å². The Morgan fingerprint density at radius 1 is 1.12 bits per heavy atom. The molecule has 1 atom stereocenters. The van der Waals surface area contributed by atoms with Crippen molar-refractivity contribution in [3.05, 3.63) is 0 Å². The molecule has 0 spiro atoms. The molecule has 3 heteroatoms. The fraction of sp³-hybridized carbons (Fsp3) is 0.929. The average Bonchev–Trinajstić information content (AvgIpc) is 2.38. The van der Waals surface area contributed by atoms with Crippen LogP contribution < -0.4 is 0 Å². The number of aldehydes is 1. The molecule has 1 aliphatic heterocycles. The lowest BCUT2D eigenvalue weighted by Crippen LogP contribution is -2.51. The van der Waals surface area contributed by atoms with Crippen molar-refractivity contribution in [1.29, 1.82) is 0 Å². The molecule has 1 unspecified atom stereocenters. The third kappa shape index (κ3) is 3.52. The van der Waals surface area contributed by atoms with Crippen molar-refractivity contribution in [1.82, 2.24) is 9.80 Å². The molecule has 0 aromatic carbocycles. The minimum Gasteiger partial charge on any atom is -0.304 e. The minimum absolute atomic E-state index is 0.529. The Kier molecular flexibility index (Phi) is 4.99. The van der Waals surface area contributed by atoms with Gasteiger partial charge >= 0.3 is 0 Å². The SMILES string of the molecule is CN1CCN(C(CC=O)C2CCCCC2)CC1. The van der Waals surface area contributed by atoms with E-state index in [1.807, 2.05) is 0 Å². The highest BCUT2D eigenvalue weighted by molar-refractivity contribution is 5.50. The first-order chi connectivity index (χ1) is 8.31. The smallest absolute Gasteiger partial charge is 0.121 e. The molecular weight excluding hydrogens is 212 g/mol. The molecule has 2 rings (SSSR count). The molecule has 1 aliphatic carbocycles. The van der Waals surface area contributed by atoms with Gasteiger partial charge in [-0.25, -0.2) is 0 Å². The third-order valence-corrected chi connectivity index (χ3v) is 4.54. The first-order valence-electron chi connectivity index (χ1n) is 7.17. The van der Waals surface area contributed by atoms with Crippen LogP contribution in [-0.2, 0) is 4.79 Å². The highest BCUT2D eigenvalue weighted by Gasteiger charge is 2.29. The lowest BCUT2D eigenvalue weighted by Gasteiger charge is -2.42. The van der Waals surface area contributed by atoms with Crippen LogP contribution in [0.25, 0.3) is 0 Å². The summed E-state index contributed by atoms with van der Waals surface area (Å²) in [5, 5.41) is 0. The van der Waals surface area contributed by atoms with Crippen LogP contribution in [0.2, 0.25) is 0 Å². The monoisotopic (exact) mass is 238 g/mol. The second kappa shape index (κ2) is 6.50. The summed E-state index contributed by atoms with van der Waals surface area (Å²) in [6, 6.07) is 0.529. The van der Waals surface area contributed by atoms with Gasteiger partial charge < -0.3 is 9.69 Å². The quantitative estimate of drug-likeness (QED) is 0.697. The van der Waals surface area contributed by atoms with Crippen LogP contribution in [0.1, 0.15) is 38.5 Å². The second-order valence-electron chi connectivity index (χ2n) is 5.71. The van der Waals surface area contributed by atoms with Gasteiger partial charge in [-0.3, -0.25) is 4.90 Å². The van der Waals surface area contributed by atoms with Gasteiger partial charge in [-0.1, -0.05) is 19.3 Å². The van der Waals surface area contributed by atoms with E-state index in [2.05, 4.69) is 16.8 Å². The van der Waals surface area contributed by atoms with Crippen LogP contribution in [0.4, 0.5) is 0 Å². The lowest BCUT2D eigenvalue weighted by molar-refractivity contribution is -0.109. The molecule has 17 heavy (non-hydrogen) atoms. The highest BCUT2D eigenvalue weighted by atomic mass is 16.1. The fourth-order valence-electron chi connectivity index (χ4n) is 3.41. The van der Waals surface area contributed by atoms with E-state index in [1.54, 1.807) is 0 Å². The summed E-state index contributed by atoms with van der Waals surface area (Å²) >= 11 is 0. The van der Waals surface area contributed by atoms with Gasteiger partial charge in [0.2, 0.25) is 0 Å². The Morgan fingerprint density at radius 2 is 1.76 bits per heavy atom. The summed E-state index contributed by atoms with van der Waals surface area (Å²) in [7, 11) is 2.19. The van der Waals surface area contributed by atoms with Gasteiger partial charge in [0, 0.05) is 38.6 Å². The van der Waals surface area contributed by atoms with Crippen molar-refractivity contribution >= 4 is 6.29 Å². The number of likely N-dealkylation sites (N-methyl/N-ethyl adjacent to an activating group) is 1. The Bertz CT molecular complexity index is 230. The van der Waals surface area contributed by atoms with E-state index in [1.165, 1.54) is 32.1 Å². The Morgan fingerprint density at radius 3 is 2.35 bits per heavy atom. The summed E-state index contributed by atoms with van der Waals surface area (Å²) in [6.45, 7) is 4.60. The van der Waals surface area contributed by atoms with Crippen molar-refractivity contribution < 1.29 is 4.79 Å². The minimum atomic E-state index is 0.529. The average molecular weight is 238 g/mol. The zero-order chi connectivity index (χ0) is 12.1. The van der Waals surface area contributed by atoms with Crippen LogP contribution in [0.5, 0.6) is 0 Å². The number of carbonyl (C=O) groups excluding carboxylic acids is 1. The molecule has 0 aromatic heterocycles. The first-order valence-corrected chi connectivity index (χ1v) is 7.17. The number of hydrogen-bond donors (Lipinski definition) is 0. The molecule has 0 N–H and O–H groups in total. The van der Waals surface area contributed by atoms with E-state index in [-0.39, 0.29) is 0 Å². The van der Waals surface area contributed by atoms with Gasteiger partial charge in [0.25, 0.3) is 0 Å². The van der Waals surface area contributed by atoms with E-state index in [0.717, 1.165) is 44.8 Å². The molecule has 0 radical (unpaired) electrons. The molecule has 1 heterocycles. The standard InChI is InChI=1S/C14H26N2O/c1-15-8-10-16(11-9-15)14(7-12-17)13-5-3-2-4-6-13/h12-14H,2-11H2,1H3. The van der Waals surface area contributed by atoms with Gasteiger partial charge in [-0.2, -0.15) is 0 Å². The zero-order valence-electron chi connectivity index (χ0n) is 11.1. The largest absolute Gasteiger partial charge is 0.304 e. The van der Waals surface area contributed by atoms with Gasteiger partial charge in [0.1, 0.15) is 6.29 Å². The normalized spacial score (nSPS) is 26.9. The number of rotatable bonds is 4. The van der Waals surface area contributed by atoms with Crippen molar-refractivity contribution in [3.8, 4) is 0 Å². The van der Waals surface area contributed by atoms with E-state index >= 15 is 0 Å². The number of nitrogens with zero attached hydrogens (tertiary/aromatic N) is 2. The first kappa shape index (κ1) is 13.0. The van der Waals surface area contributed by atoms with Crippen LogP contribution in [-0.4, -0.2) is 55.4 Å². The molecule has 2 fully saturated rings. The van der Waals surface area contributed by atoms with Crippen molar-refractivity contribution in [3.63, 3.8) is 0 Å². The molecule has 0 aromatic rings. The summed E-state index contributed by atoms with van der Waals surface area (Å²) in [6.07, 6.45) is 8.69. The van der Waals surface area contributed by atoms with Crippen LogP contribution in [0.3, 0.4) is 0 Å². The van der Waals surface area contributed by atoms with E-state index in [0.29, 0.717) is 6.04 Å². The molecule has 3 nitrogen and oxygen atoms in total. The molecule has 98 valence electrons. The zero-order valence-corrected chi connectivity index (χ0v) is 11.1. The number of piperazine rings is 1. The maximum absolute atomic E-state index is 10.9. The van der Waals surface area contributed by atoms with E-state index in [9.17, 15) is 4.79 Å². The third-order valence-electron chi connectivity index (χ3n) is 4.54. The number of hydrogen-bond acceptors (Lipinski definition) is 3. The molecule has 1 saturated carbocycles. The van der Waals surface area contributed by atoms with Crippen molar-refractivity contribution in [2.24, 2.45) is 5.92 Å². The molecule has 0 amide bonds. The van der Waals surface area contributed by atoms with Gasteiger partial charge in [-0.15, -0.1) is 0 Å². The molecule has 1 saturated heterocycles. The second-order valence-corrected chi connectivity index (χ2v) is 5.71. The van der Waals surface area contributed by atoms with Gasteiger partial charge in [0.05, 0.1) is 0 Å².